The van der Waals surface area contributed by atoms with Crippen molar-refractivity contribution in [2.75, 3.05) is 0 Å². The normalized spacial score (nSPS) is 14.6. The zero-order chi connectivity index (χ0) is 11.5. The average molecular weight is 232 g/mol. The van der Waals surface area contributed by atoms with Crippen molar-refractivity contribution in [1.82, 2.24) is 4.90 Å². The molecule has 0 fully saturated rings. The Morgan fingerprint density at radius 3 is 2.56 bits per heavy atom. The van der Waals surface area contributed by atoms with Gasteiger partial charge in [-0.1, -0.05) is 30.3 Å². The van der Waals surface area contributed by atoms with Crippen LogP contribution >= 0.6 is 11.6 Å². The number of rotatable bonds is 2. The molecule has 1 heterocycles. The van der Waals surface area contributed by atoms with E-state index >= 15 is 0 Å². The lowest BCUT2D eigenvalue weighted by Gasteiger charge is -2.20. The first-order valence-electron chi connectivity index (χ1n) is 5.22. The van der Waals surface area contributed by atoms with Crippen LogP contribution < -0.4 is 0 Å². The summed E-state index contributed by atoms with van der Waals surface area (Å²) in [4.78, 5) is 2.10. The summed E-state index contributed by atoms with van der Waals surface area (Å²) in [6, 6.07) is 5.99. The van der Waals surface area contributed by atoms with Crippen molar-refractivity contribution in [1.29, 1.82) is 0 Å². The predicted octanol–water partition coefficient (Wildman–Crippen LogP) is 4.05. The summed E-state index contributed by atoms with van der Waals surface area (Å²) < 4.78 is 0. The van der Waals surface area contributed by atoms with Crippen molar-refractivity contribution in [3.63, 3.8) is 0 Å². The molecule has 0 bridgehead atoms. The molecule has 0 atom stereocenters. The molecule has 0 spiro atoms. The standard InChI is InChI=1S/C14H14ClN/c1-11-6-8-16(9-7-11)10-13-12(2)4-3-5-14(13)15/h3-9H,1,10H2,2H3. The highest BCUT2D eigenvalue weighted by molar-refractivity contribution is 6.31. The second-order valence-electron chi connectivity index (χ2n) is 3.91. The second kappa shape index (κ2) is 4.58. The minimum absolute atomic E-state index is 0.797. The fourth-order valence-corrected chi connectivity index (χ4v) is 1.92. The highest BCUT2D eigenvalue weighted by atomic mass is 35.5. The van der Waals surface area contributed by atoms with Gasteiger partial charge in [0.25, 0.3) is 0 Å². The lowest BCUT2D eigenvalue weighted by molar-refractivity contribution is 0.496. The van der Waals surface area contributed by atoms with E-state index in [1.165, 1.54) is 11.1 Å². The number of nitrogens with zero attached hydrogens (tertiary/aromatic N) is 1. The molecule has 0 saturated carbocycles. The lowest BCUT2D eigenvalue weighted by atomic mass is 10.1. The van der Waals surface area contributed by atoms with Crippen LogP contribution in [0.25, 0.3) is 0 Å². The van der Waals surface area contributed by atoms with Crippen LogP contribution in [0.3, 0.4) is 0 Å². The first-order chi connectivity index (χ1) is 7.66. The van der Waals surface area contributed by atoms with Crippen molar-refractivity contribution in [3.8, 4) is 0 Å². The van der Waals surface area contributed by atoms with Gasteiger partial charge >= 0.3 is 0 Å². The van der Waals surface area contributed by atoms with E-state index in [1.54, 1.807) is 0 Å². The molecule has 2 heteroatoms. The molecule has 1 aliphatic heterocycles. The topological polar surface area (TPSA) is 3.24 Å². The van der Waals surface area contributed by atoms with Gasteiger partial charge in [-0.25, -0.2) is 0 Å². The predicted molar refractivity (Wildman–Crippen MR) is 69.2 cm³/mol. The van der Waals surface area contributed by atoms with E-state index in [0.29, 0.717) is 0 Å². The number of benzene rings is 1. The van der Waals surface area contributed by atoms with Gasteiger partial charge in [0.15, 0.2) is 0 Å². The molecule has 16 heavy (non-hydrogen) atoms. The van der Waals surface area contributed by atoms with Crippen LogP contribution in [0.4, 0.5) is 0 Å². The maximum Gasteiger partial charge on any atom is 0.0487 e. The van der Waals surface area contributed by atoms with Gasteiger partial charge < -0.3 is 4.90 Å². The molecule has 0 unspecified atom stereocenters. The van der Waals surface area contributed by atoms with Crippen LogP contribution in [0, 0.1) is 6.92 Å². The third-order valence-corrected chi connectivity index (χ3v) is 3.01. The molecule has 82 valence electrons. The maximum absolute atomic E-state index is 6.19. The molecule has 1 nitrogen and oxygen atoms in total. The summed E-state index contributed by atoms with van der Waals surface area (Å²) in [5.41, 5.74) is 3.41. The maximum atomic E-state index is 6.19. The molecule has 1 aromatic rings. The second-order valence-corrected chi connectivity index (χ2v) is 4.32. The number of hydrogen-bond donors (Lipinski definition) is 0. The summed E-state index contributed by atoms with van der Waals surface area (Å²) in [6.07, 6.45) is 8.02. The Labute approximate surface area is 101 Å². The molecular formula is C14H14ClN. The van der Waals surface area contributed by atoms with Crippen LogP contribution in [-0.4, -0.2) is 4.90 Å². The molecule has 0 N–H and O–H groups in total. The summed E-state index contributed by atoms with van der Waals surface area (Å²) >= 11 is 6.19. The fourth-order valence-electron chi connectivity index (χ4n) is 1.64. The molecule has 0 amide bonds. The van der Waals surface area contributed by atoms with E-state index in [9.17, 15) is 0 Å². The van der Waals surface area contributed by atoms with E-state index in [1.807, 2.05) is 36.7 Å². The van der Waals surface area contributed by atoms with Crippen LogP contribution in [0.5, 0.6) is 0 Å². The molecule has 0 radical (unpaired) electrons. The van der Waals surface area contributed by atoms with Gasteiger partial charge in [-0.05, 0) is 41.8 Å². The summed E-state index contributed by atoms with van der Waals surface area (Å²) in [6.45, 7) is 6.74. The molecule has 2 rings (SSSR count). The SMILES string of the molecule is C=C1C=CN(Cc2c(C)cccc2Cl)C=C1. The zero-order valence-corrected chi connectivity index (χ0v) is 10.0. The average Bonchev–Trinajstić information content (AvgIpc) is 2.26. The van der Waals surface area contributed by atoms with Crippen LogP contribution in [0.2, 0.25) is 5.02 Å². The van der Waals surface area contributed by atoms with Crippen LogP contribution in [0.1, 0.15) is 11.1 Å². The van der Waals surface area contributed by atoms with Gasteiger partial charge in [0.1, 0.15) is 0 Å². The third kappa shape index (κ3) is 2.37. The first kappa shape index (κ1) is 11.0. The summed E-state index contributed by atoms with van der Waals surface area (Å²) in [7, 11) is 0. The number of halogens is 1. The minimum Gasteiger partial charge on any atom is -0.350 e. The Morgan fingerprint density at radius 2 is 1.94 bits per heavy atom. The molecule has 1 aromatic carbocycles. The fraction of sp³-hybridized carbons (Fsp3) is 0.143. The highest BCUT2D eigenvalue weighted by Crippen LogP contribution is 2.22. The van der Waals surface area contributed by atoms with Crippen molar-refractivity contribution < 1.29 is 0 Å². The number of aryl methyl sites for hydroxylation is 1. The number of allylic oxidation sites excluding steroid dienone is 3. The van der Waals surface area contributed by atoms with Crippen molar-refractivity contribution in [2.45, 2.75) is 13.5 Å². The third-order valence-electron chi connectivity index (χ3n) is 2.65. The summed E-state index contributed by atoms with van der Waals surface area (Å²) in [5.74, 6) is 0. The van der Waals surface area contributed by atoms with E-state index < -0.39 is 0 Å². The van der Waals surface area contributed by atoms with E-state index in [4.69, 9.17) is 11.6 Å². The molecular weight excluding hydrogens is 218 g/mol. The van der Waals surface area contributed by atoms with Gasteiger partial charge in [-0.15, -0.1) is 0 Å². The van der Waals surface area contributed by atoms with E-state index in [-0.39, 0.29) is 0 Å². The first-order valence-corrected chi connectivity index (χ1v) is 5.59. The Balaban J connectivity index is 2.19. The monoisotopic (exact) mass is 231 g/mol. The Bertz CT molecular complexity index is 435. The molecule has 1 aliphatic rings. The minimum atomic E-state index is 0.797. The van der Waals surface area contributed by atoms with Crippen LogP contribution in [0.15, 0.2) is 54.9 Å². The smallest absolute Gasteiger partial charge is 0.0487 e. The Morgan fingerprint density at radius 1 is 1.25 bits per heavy atom. The van der Waals surface area contributed by atoms with Gasteiger partial charge in [0.2, 0.25) is 0 Å². The van der Waals surface area contributed by atoms with E-state index in [0.717, 1.165) is 17.1 Å². The van der Waals surface area contributed by atoms with Crippen LogP contribution in [-0.2, 0) is 6.54 Å². The van der Waals surface area contributed by atoms with Crippen molar-refractivity contribution in [3.05, 3.63) is 71.1 Å². The molecule has 0 aliphatic carbocycles. The Hall–Kier alpha value is -1.47. The summed E-state index contributed by atoms with van der Waals surface area (Å²) in [5, 5.41) is 0.825. The van der Waals surface area contributed by atoms with Gasteiger partial charge in [-0.2, -0.15) is 0 Å². The van der Waals surface area contributed by atoms with Crippen molar-refractivity contribution >= 4 is 11.6 Å². The largest absolute Gasteiger partial charge is 0.350 e. The van der Waals surface area contributed by atoms with Gasteiger partial charge in [0, 0.05) is 24.0 Å². The quantitative estimate of drug-likeness (QED) is 0.742. The van der Waals surface area contributed by atoms with Crippen molar-refractivity contribution in [2.24, 2.45) is 0 Å². The van der Waals surface area contributed by atoms with Gasteiger partial charge in [0.05, 0.1) is 0 Å². The van der Waals surface area contributed by atoms with Gasteiger partial charge in [-0.3, -0.25) is 0 Å². The Kier molecular flexibility index (Phi) is 3.16. The zero-order valence-electron chi connectivity index (χ0n) is 9.28. The van der Waals surface area contributed by atoms with E-state index in [2.05, 4.69) is 24.5 Å². The molecule has 0 saturated heterocycles. The highest BCUT2D eigenvalue weighted by Gasteiger charge is 2.07. The lowest BCUT2D eigenvalue weighted by Crippen LogP contribution is -2.12. The molecule has 0 aromatic heterocycles. The number of hydrogen-bond acceptors (Lipinski definition) is 1.